The molecule has 1 aliphatic heterocycles. The highest BCUT2D eigenvalue weighted by Crippen LogP contribution is 2.26. The van der Waals surface area contributed by atoms with E-state index in [9.17, 15) is 4.79 Å². The Morgan fingerprint density at radius 1 is 1.40 bits per heavy atom. The lowest BCUT2D eigenvalue weighted by molar-refractivity contribution is -0.131. The van der Waals surface area contributed by atoms with Gasteiger partial charge in [-0.1, -0.05) is 0 Å². The maximum Gasteiger partial charge on any atom is 0.227 e. The van der Waals surface area contributed by atoms with Crippen molar-refractivity contribution in [3.8, 4) is 11.5 Å². The average Bonchev–Trinajstić information content (AvgIpc) is 2.95. The zero-order chi connectivity index (χ0) is 14.5. The summed E-state index contributed by atoms with van der Waals surface area (Å²) in [4.78, 5) is 14.3. The molecule has 5 heteroatoms. The second kappa shape index (κ2) is 6.61. The van der Waals surface area contributed by atoms with Crippen LogP contribution in [0.25, 0.3) is 0 Å². The molecule has 0 saturated carbocycles. The van der Waals surface area contributed by atoms with Gasteiger partial charge in [0.05, 0.1) is 20.6 Å². The molecule has 2 N–H and O–H groups in total. The summed E-state index contributed by atoms with van der Waals surface area (Å²) in [5.41, 5.74) is 6.57. The Morgan fingerprint density at radius 2 is 2.20 bits per heavy atom. The van der Waals surface area contributed by atoms with Gasteiger partial charge >= 0.3 is 0 Å². The Kier molecular flexibility index (Phi) is 4.84. The molecule has 0 spiro atoms. The topological polar surface area (TPSA) is 64.8 Å². The van der Waals surface area contributed by atoms with Gasteiger partial charge in [0, 0.05) is 24.7 Å². The first kappa shape index (κ1) is 14.7. The lowest BCUT2D eigenvalue weighted by Crippen LogP contribution is -2.40. The van der Waals surface area contributed by atoms with Crippen LogP contribution >= 0.6 is 0 Å². The number of hydrogen-bond acceptors (Lipinski definition) is 4. The van der Waals surface area contributed by atoms with Crippen molar-refractivity contribution in [3.05, 3.63) is 23.8 Å². The average molecular weight is 278 g/mol. The minimum absolute atomic E-state index is 0.101. The summed E-state index contributed by atoms with van der Waals surface area (Å²) < 4.78 is 10.5. The van der Waals surface area contributed by atoms with Crippen molar-refractivity contribution in [2.24, 2.45) is 5.73 Å². The van der Waals surface area contributed by atoms with E-state index in [0.29, 0.717) is 18.7 Å². The van der Waals surface area contributed by atoms with Crippen molar-refractivity contribution in [3.63, 3.8) is 0 Å². The van der Waals surface area contributed by atoms with E-state index >= 15 is 0 Å². The molecule has 5 nitrogen and oxygen atoms in total. The van der Waals surface area contributed by atoms with Gasteiger partial charge in [0.25, 0.3) is 0 Å². The smallest absolute Gasteiger partial charge is 0.227 e. The second-order valence-corrected chi connectivity index (χ2v) is 4.97. The molecule has 0 bridgehead atoms. The summed E-state index contributed by atoms with van der Waals surface area (Å²) in [7, 11) is 3.21. The molecule has 2 rings (SSSR count). The molecular weight excluding hydrogens is 256 g/mol. The van der Waals surface area contributed by atoms with Crippen LogP contribution in [-0.2, 0) is 11.2 Å². The number of likely N-dealkylation sites (tertiary alicyclic amines) is 1. The largest absolute Gasteiger partial charge is 0.497 e. The van der Waals surface area contributed by atoms with Crippen molar-refractivity contribution in [2.75, 3.05) is 27.3 Å². The first-order chi connectivity index (χ1) is 9.69. The highest BCUT2D eigenvalue weighted by Gasteiger charge is 2.27. The molecule has 1 heterocycles. The van der Waals surface area contributed by atoms with Crippen molar-refractivity contribution in [1.29, 1.82) is 0 Å². The van der Waals surface area contributed by atoms with E-state index in [0.717, 1.165) is 30.7 Å². The lowest BCUT2D eigenvalue weighted by atomic mass is 10.1. The van der Waals surface area contributed by atoms with E-state index in [1.54, 1.807) is 14.2 Å². The first-order valence-corrected chi connectivity index (χ1v) is 6.90. The molecule has 1 saturated heterocycles. The number of rotatable bonds is 5. The molecule has 1 aromatic carbocycles. The van der Waals surface area contributed by atoms with Crippen molar-refractivity contribution >= 4 is 5.91 Å². The third-order valence-electron chi connectivity index (χ3n) is 3.80. The highest BCUT2D eigenvalue weighted by molar-refractivity contribution is 5.80. The van der Waals surface area contributed by atoms with E-state index < -0.39 is 0 Å². The van der Waals surface area contributed by atoms with Gasteiger partial charge in [-0.15, -0.1) is 0 Å². The van der Waals surface area contributed by atoms with Gasteiger partial charge in [-0.25, -0.2) is 0 Å². The second-order valence-electron chi connectivity index (χ2n) is 4.97. The zero-order valence-corrected chi connectivity index (χ0v) is 12.1. The number of nitrogens with zero attached hydrogens (tertiary/aromatic N) is 1. The van der Waals surface area contributed by atoms with Crippen LogP contribution in [0.4, 0.5) is 0 Å². The molecule has 20 heavy (non-hydrogen) atoms. The molecule has 1 aliphatic rings. The summed E-state index contributed by atoms with van der Waals surface area (Å²) in [5, 5.41) is 0. The summed E-state index contributed by atoms with van der Waals surface area (Å²) in [5.74, 6) is 1.54. The fourth-order valence-electron chi connectivity index (χ4n) is 2.69. The third kappa shape index (κ3) is 3.04. The molecule has 1 aromatic rings. The highest BCUT2D eigenvalue weighted by atomic mass is 16.5. The maximum absolute atomic E-state index is 12.4. The van der Waals surface area contributed by atoms with Gasteiger partial charge in [0.15, 0.2) is 0 Å². The Balaban J connectivity index is 2.14. The van der Waals surface area contributed by atoms with E-state index in [1.807, 2.05) is 23.1 Å². The lowest BCUT2D eigenvalue weighted by Gasteiger charge is -2.24. The number of hydrogen-bond donors (Lipinski definition) is 1. The molecule has 0 radical (unpaired) electrons. The van der Waals surface area contributed by atoms with Crippen molar-refractivity contribution in [2.45, 2.75) is 25.3 Å². The van der Waals surface area contributed by atoms with E-state index in [-0.39, 0.29) is 11.9 Å². The van der Waals surface area contributed by atoms with Gasteiger partial charge in [-0.05, 0) is 31.0 Å². The number of nitrogens with two attached hydrogens (primary N) is 1. The van der Waals surface area contributed by atoms with Gasteiger partial charge in [0.2, 0.25) is 5.91 Å². The van der Waals surface area contributed by atoms with Crippen molar-refractivity contribution < 1.29 is 14.3 Å². The molecule has 0 aromatic heterocycles. The quantitative estimate of drug-likeness (QED) is 0.879. The standard InChI is InChI=1S/C15H22N2O3/c1-19-13-5-6-14(20-2)11(8-13)9-15(18)17-7-3-4-12(17)10-16/h5-6,8,12H,3-4,7,9-10,16H2,1-2H3. The van der Waals surface area contributed by atoms with E-state index in [2.05, 4.69) is 0 Å². The number of benzene rings is 1. The van der Waals surface area contributed by atoms with E-state index in [1.165, 1.54) is 0 Å². The molecule has 1 unspecified atom stereocenters. The van der Waals surface area contributed by atoms with Crippen LogP contribution < -0.4 is 15.2 Å². The zero-order valence-electron chi connectivity index (χ0n) is 12.1. The molecule has 0 aliphatic carbocycles. The first-order valence-electron chi connectivity index (χ1n) is 6.90. The molecule has 1 atom stereocenters. The van der Waals surface area contributed by atoms with Crippen LogP contribution in [0.15, 0.2) is 18.2 Å². The predicted molar refractivity (Wildman–Crippen MR) is 77.0 cm³/mol. The SMILES string of the molecule is COc1ccc(OC)c(CC(=O)N2CCCC2CN)c1. The fourth-order valence-corrected chi connectivity index (χ4v) is 2.69. The summed E-state index contributed by atoms with van der Waals surface area (Å²) in [6, 6.07) is 5.68. The van der Waals surface area contributed by atoms with Crippen LogP contribution in [0, 0.1) is 0 Å². The molecular formula is C15H22N2O3. The third-order valence-corrected chi connectivity index (χ3v) is 3.80. The normalized spacial score (nSPS) is 18.1. The maximum atomic E-state index is 12.4. The van der Waals surface area contributed by atoms with Crippen LogP contribution in [-0.4, -0.2) is 44.2 Å². The number of carbonyl (C=O) groups is 1. The summed E-state index contributed by atoms with van der Waals surface area (Å²) in [6.07, 6.45) is 2.34. The van der Waals surface area contributed by atoms with Crippen LogP contribution in [0.3, 0.4) is 0 Å². The minimum Gasteiger partial charge on any atom is -0.497 e. The molecule has 110 valence electrons. The van der Waals surface area contributed by atoms with Gasteiger partial charge < -0.3 is 20.1 Å². The van der Waals surface area contributed by atoms with Crippen LogP contribution in [0.2, 0.25) is 0 Å². The Labute approximate surface area is 119 Å². The number of amides is 1. The van der Waals surface area contributed by atoms with Gasteiger partial charge in [0.1, 0.15) is 11.5 Å². The predicted octanol–water partition coefficient (Wildman–Crippen LogP) is 1.20. The van der Waals surface area contributed by atoms with Crippen LogP contribution in [0.1, 0.15) is 18.4 Å². The molecule has 1 amide bonds. The molecule has 1 fully saturated rings. The Hall–Kier alpha value is -1.75. The monoisotopic (exact) mass is 278 g/mol. The Bertz CT molecular complexity index is 476. The van der Waals surface area contributed by atoms with E-state index in [4.69, 9.17) is 15.2 Å². The number of ether oxygens (including phenoxy) is 2. The van der Waals surface area contributed by atoms with Gasteiger partial charge in [-0.3, -0.25) is 4.79 Å². The Morgan fingerprint density at radius 3 is 2.85 bits per heavy atom. The van der Waals surface area contributed by atoms with Crippen molar-refractivity contribution in [1.82, 2.24) is 4.90 Å². The van der Waals surface area contributed by atoms with Crippen LogP contribution in [0.5, 0.6) is 11.5 Å². The van der Waals surface area contributed by atoms with Gasteiger partial charge in [-0.2, -0.15) is 0 Å². The summed E-state index contributed by atoms with van der Waals surface area (Å²) >= 11 is 0. The number of carbonyl (C=O) groups excluding carboxylic acids is 1. The minimum atomic E-state index is 0.101. The number of methoxy groups -OCH3 is 2. The summed E-state index contributed by atoms with van der Waals surface area (Å²) in [6.45, 7) is 1.33. The fraction of sp³-hybridized carbons (Fsp3) is 0.533.